The molecule has 244 valence electrons. The van der Waals surface area contributed by atoms with Crippen LogP contribution in [0, 0.1) is 0 Å². The lowest BCUT2D eigenvalue weighted by molar-refractivity contribution is 0.108. The van der Waals surface area contributed by atoms with Crippen LogP contribution in [-0.2, 0) is 11.2 Å². The highest BCUT2D eigenvalue weighted by Gasteiger charge is 2.44. The summed E-state index contributed by atoms with van der Waals surface area (Å²) >= 11 is 30.7. The maximum Gasteiger partial charge on any atom is 0.140 e. The van der Waals surface area contributed by atoms with E-state index >= 15 is 0 Å². The largest absolute Gasteiger partial charge is 0.481 e. The van der Waals surface area contributed by atoms with Crippen LogP contribution >= 0.6 is 94.2 Å². The lowest BCUT2D eigenvalue weighted by Crippen LogP contribution is -2.27. The van der Waals surface area contributed by atoms with Crippen LogP contribution in [0.4, 0.5) is 0 Å². The first-order valence-corrected chi connectivity index (χ1v) is 20.9. The summed E-state index contributed by atoms with van der Waals surface area (Å²) in [6, 6.07) is 20.6. The molecule has 0 amide bonds. The lowest BCUT2D eigenvalue weighted by atomic mass is 9.92. The van der Waals surface area contributed by atoms with Crippen LogP contribution in [0.5, 0.6) is 11.5 Å². The van der Waals surface area contributed by atoms with Gasteiger partial charge in [-0.25, -0.2) is 0 Å². The quantitative estimate of drug-likeness (QED) is 0.127. The molecule has 10 rings (SSSR count). The second-order valence-corrected chi connectivity index (χ2v) is 19.5. The zero-order valence-electron chi connectivity index (χ0n) is 27.0. The van der Waals surface area contributed by atoms with Gasteiger partial charge in [-0.3, -0.25) is 0 Å². The molecule has 0 saturated carbocycles. The number of rotatable bonds is 2. The highest BCUT2D eigenvalue weighted by Crippen LogP contribution is 2.62. The average molecular weight is 793 g/mol. The molecule has 2 aliphatic heterocycles. The van der Waals surface area contributed by atoms with E-state index in [4.69, 9.17) is 58.3 Å². The number of hydrogen-bond donors (Lipinski definition) is 0. The fraction of sp³-hybridized carbons (Fsp3) is 0.150. The van der Waals surface area contributed by atoms with Crippen LogP contribution < -0.4 is 9.47 Å². The van der Waals surface area contributed by atoms with Gasteiger partial charge in [0.1, 0.15) is 22.7 Å². The maximum atomic E-state index is 6.82. The third-order valence-electron chi connectivity index (χ3n) is 9.69. The van der Waals surface area contributed by atoms with E-state index < -0.39 is 11.2 Å². The van der Waals surface area contributed by atoms with Gasteiger partial charge in [0.2, 0.25) is 0 Å². The van der Waals surface area contributed by atoms with E-state index in [0.29, 0.717) is 0 Å². The molecule has 0 saturated heterocycles. The summed E-state index contributed by atoms with van der Waals surface area (Å²) in [4.78, 5) is 10.3. The Morgan fingerprint density at radius 2 is 0.840 bits per heavy atom. The van der Waals surface area contributed by atoms with Gasteiger partial charge in [0.05, 0.1) is 48.4 Å². The normalized spacial score (nSPS) is 17.5. The molecule has 0 bridgehead atoms. The van der Waals surface area contributed by atoms with E-state index in [1.807, 2.05) is 46.9 Å². The molecule has 0 N–H and O–H groups in total. The first-order valence-electron chi connectivity index (χ1n) is 16.0. The van der Waals surface area contributed by atoms with E-state index in [1.165, 1.54) is 30.3 Å². The number of fused-ring (bicyclic) bond motifs is 11. The summed E-state index contributed by atoms with van der Waals surface area (Å²) < 4.78 is 16.2. The Balaban J connectivity index is 1.08. The Morgan fingerprint density at radius 3 is 1.18 bits per heavy atom. The van der Waals surface area contributed by atoms with Crippen LogP contribution in [-0.4, -0.2) is 19.5 Å². The SMILES string of the molecule is CC1(C)Oc2cc(C=C3C(=S)c4ccccc4C3=S)sc2-c2sc3c4c(sc3c21)-c1sc(C=C2C(=S)c3ccccc3C2=S)cc1OC4(C)C. The van der Waals surface area contributed by atoms with Crippen molar-refractivity contribution in [3.63, 3.8) is 0 Å². The van der Waals surface area contributed by atoms with E-state index in [1.54, 1.807) is 22.7 Å². The van der Waals surface area contributed by atoms with Gasteiger partial charge >= 0.3 is 0 Å². The van der Waals surface area contributed by atoms with Gasteiger partial charge in [-0.2, -0.15) is 0 Å². The molecular formula is C40H24O2S8. The summed E-state index contributed by atoms with van der Waals surface area (Å²) in [5.41, 5.74) is 7.52. The fourth-order valence-electron chi connectivity index (χ4n) is 7.49. The third-order valence-corrected chi connectivity index (χ3v) is 16.4. The van der Waals surface area contributed by atoms with Gasteiger partial charge in [0, 0.05) is 54.3 Å². The minimum Gasteiger partial charge on any atom is -0.481 e. The van der Waals surface area contributed by atoms with E-state index in [9.17, 15) is 0 Å². The average Bonchev–Trinajstić information content (AvgIpc) is 3.90. The van der Waals surface area contributed by atoms with Gasteiger partial charge in [-0.15, -0.1) is 45.3 Å². The second kappa shape index (κ2) is 10.7. The highest BCUT2D eigenvalue weighted by molar-refractivity contribution is 7.84. The monoisotopic (exact) mass is 792 g/mol. The molecule has 6 heterocycles. The van der Waals surface area contributed by atoms with Crippen molar-refractivity contribution in [1.29, 1.82) is 0 Å². The molecule has 0 spiro atoms. The molecule has 2 aliphatic carbocycles. The second-order valence-electron chi connectivity index (χ2n) is 13.7. The predicted molar refractivity (Wildman–Crippen MR) is 229 cm³/mol. The van der Waals surface area contributed by atoms with Gasteiger partial charge in [-0.1, -0.05) is 97.4 Å². The van der Waals surface area contributed by atoms with Crippen molar-refractivity contribution in [2.24, 2.45) is 0 Å². The van der Waals surface area contributed by atoms with Gasteiger partial charge in [-0.05, 0) is 52.0 Å². The minimum absolute atomic E-state index is 0.518. The molecule has 10 heteroatoms. The smallest absolute Gasteiger partial charge is 0.140 e. The van der Waals surface area contributed by atoms with Crippen LogP contribution in [0.1, 0.15) is 70.8 Å². The molecule has 0 fully saturated rings. The fourth-order valence-corrected chi connectivity index (χ4v) is 14.8. The van der Waals surface area contributed by atoms with Crippen molar-refractivity contribution in [3.8, 4) is 31.0 Å². The number of benzene rings is 2. The number of hydrogen-bond acceptors (Lipinski definition) is 10. The summed E-state index contributed by atoms with van der Waals surface area (Å²) in [6.07, 6.45) is 4.29. The molecule has 0 unspecified atom stereocenters. The summed E-state index contributed by atoms with van der Waals surface area (Å²) in [5, 5.41) is 0. The Labute approximate surface area is 326 Å². The van der Waals surface area contributed by atoms with Gasteiger partial charge < -0.3 is 9.47 Å². The molecule has 0 radical (unpaired) electrons. The first-order chi connectivity index (χ1) is 23.9. The van der Waals surface area contributed by atoms with E-state index in [2.05, 4.69) is 76.2 Å². The Bertz CT molecular complexity index is 2420. The first kappa shape index (κ1) is 31.7. The summed E-state index contributed by atoms with van der Waals surface area (Å²) in [6.45, 7) is 8.73. The van der Waals surface area contributed by atoms with E-state index in [-0.39, 0.29) is 0 Å². The van der Waals surface area contributed by atoms with E-state index in [0.717, 1.165) is 83.9 Å². The van der Waals surface area contributed by atoms with Crippen LogP contribution in [0.25, 0.3) is 41.1 Å². The van der Waals surface area contributed by atoms with Crippen molar-refractivity contribution in [2.45, 2.75) is 38.9 Å². The molecule has 4 aliphatic rings. The Kier molecular flexibility index (Phi) is 6.80. The minimum atomic E-state index is -0.518. The Morgan fingerprint density at radius 1 is 0.500 bits per heavy atom. The number of thiophene rings is 4. The molecular weight excluding hydrogens is 769 g/mol. The van der Waals surface area contributed by atoms with Crippen molar-refractivity contribution < 1.29 is 9.47 Å². The standard InChI is InChI=1S/C40H24O2S8/c1-39(2)27-35(33-25(41-39)15-17(47-33)13-23-29(43)19-9-5-6-10-20(19)30(23)44)49-38-28-36(50-37(27)38)34-26(42-40(28,3)4)16-18(48-34)14-24-31(45)21-11-7-8-12-22(21)32(24)46/h5-16H,1-4H3. The van der Waals surface area contributed by atoms with Crippen LogP contribution in [0.3, 0.4) is 0 Å². The zero-order valence-corrected chi connectivity index (χ0v) is 33.5. The number of ether oxygens (including phenoxy) is 2. The number of allylic oxidation sites excluding steroid dienone is 2. The lowest BCUT2D eigenvalue weighted by Gasteiger charge is -2.31. The topological polar surface area (TPSA) is 18.5 Å². The summed E-state index contributed by atoms with van der Waals surface area (Å²) in [5.74, 6) is 1.82. The molecule has 2 aromatic carbocycles. The van der Waals surface area contributed by atoms with Crippen molar-refractivity contribution in [1.82, 2.24) is 0 Å². The van der Waals surface area contributed by atoms with Crippen molar-refractivity contribution in [2.75, 3.05) is 0 Å². The Hall–Kier alpha value is -3.06. The van der Waals surface area contributed by atoms with Crippen molar-refractivity contribution >= 4 is 135 Å². The maximum absolute atomic E-state index is 6.82. The zero-order chi connectivity index (χ0) is 34.4. The third kappa shape index (κ3) is 4.37. The highest BCUT2D eigenvalue weighted by atomic mass is 32.1. The molecule has 2 nitrogen and oxygen atoms in total. The van der Waals surface area contributed by atoms with Crippen LogP contribution in [0.2, 0.25) is 0 Å². The van der Waals surface area contributed by atoms with Crippen LogP contribution in [0.15, 0.2) is 71.8 Å². The number of thiocarbonyl (C=S) groups is 4. The molecule has 0 atom stereocenters. The van der Waals surface area contributed by atoms with Gasteiger partial charge in [0.25, 0.3) is 0 Å². The van der Waals surface area contributed by atoms with Crippen molar-refractivity contribution in [3.05, 3.63) is 115 Å². The molecule has 6 aromatic rings. The van der Waals surface area contributed by atoms with Gasteiger partial charge in [0.15, 0.2) is 0 Å². The molecule has 4 aromatic heterocycles. The summed E-state index contributed by atoms with van der Waals surface area (Å²) in [7, 11) is 0. The predicted octanol–water partition coefficient (Wildman–Crippen LogP) is 12.7. The molecule has 50 heavy (non-hydrogen) atoms.